The molecule has 0 saturated carbocycles. The quantitative estimate of drug-likeness (QED) is 0.489. The molecule has 0 spiro atoms. The van der Waals surface area contributed by atoms with Crippen LogP contribution in [-0.4, -0.2) is 36.5 Å². The molecule has 1 amide bonds. The number of esters is 1. The lowest BCUT2D eigenvalue weighted by atomic mass is 9.98. The average Bonchev–Trinajstić information content (AvgIpc) is 2.28. The van der Waals surface area contributed by atoms with Gasteiger partial charge in [0, 0.05) is 13.1 Å². The van der Waals surface area contributed by atoms with E-state index in [9.17, 15) is 9.59 Å². The monoisotopic (exact) mass is 209 g/mol. The molecule has 0 bridgehead atoms. The van der Waals surface area contributed by atoms with Crippen LogP contribution in [0.3, 0.4) is 0 Å². The Morgan fingerprint density at radius 1 is 1.60 bits per heavy atom. The van der Waals surface area contributed by atoms with Gasteiger partial charge in [0.15, 0.2) is 0 Å². The summed E-state index contributed by atoms with van der Waals surface area (Å²) in [7, 11) is 0. The molecular weight excluding hydrogens is 194 g/mol. The number of amides is 1. The first-order valence-electron chi connectivity index (χ1n) is 5.11. The van der Waals surface area contributed by atoms with Crippen molar-refractivity contribution in [3.63, 3.8) is 0 Å². The Bertz CT molecular complexity index is 293. The largest absolute Gasteiger partial charge is 0.466 e. The Morgan fingerprint density at radius 2 is 2.33 bits per heavy atom. The third-order valence-electron chi connectivity index (χ3n) is 2.45. The molecule has 1 atom stereocenters. The second-order valence-electron chi connectivity index (χ2n) is 3.49. The number of hydrogen-bond acceptors (Lipinski definition) is 3. The van der Waals surface area contributed by atoms with E-state index >= 15 is 0 Å². The van der Waals surface area contributed by atoms with E-state index in [0.717, 1.165) is 12.8 Å². The summed E-state index contributed by atoms with van der Waals surface area (Å²) in [6.07, 6.45) is 6.60. The van der Waals surface area contributed by atoms with Crippen LogP contribution in [-0.2, 0) is 14.3 Å². The summed E-state index contributed by atoms with van der Waals surface area (Å²) < 4.78 is 4.91. The van der Waals surface area contributed by atoms with Crippen LogP contribution in [0.5, 0.6) is 0 Å². The van der Waals surface area contributed by atoms with Crippen LogP contribution in [0.25, 0.3) is 0 Å². The molecule has 4 heteroatoms. The average molecular weight is 209 g/mol. The lowest BCUT2D eigenvalue weighted by molar-refractivity contribution is -0.150. The number of piperidine rings is 1. The predicted molar refractivity (Wildman–Crippen MR) is 54.8 cm³/mol. The molecule has 0 N–H and O–H groups in total. The normalized spacial score (nSPS) is 20.5. The van der Waals surface area contributed by atoms with E-state index in [0.29, 0.717) is 19.7 Å². The van der Waals surface area contributed by atoms with Crippen molar-refractivity contribution >= 4 is 11.9 Å². The van der Waals surface area contributed by atoms with Gasteiger partial charge in [-0.15, -0.1) is 6.42 Å². The molecule has 1 heterocycles. The molecule has 0 aromatic carbocycles. The van der Waals surface area contributed by atoms with Crippen LogP contribution < -0.4 is 0 Å². The van der Waals surface area contributed by atoms with Crippen LogP contribution >= 0.6 is 0 Å². The standard InChI is InChI=1S/C11H15NO3/c1-3-10(13)12-7-5-6-9(8-12)11(14)15-4-2/h1,9H,4-8H2,2H3/t9-/m0/s1. The van der Waals surface area contributed by atoms with Crippen LogP contribution in [0.1, 0.15) is 19.8 Å². The van der Waals surface area contributed by atoms with Gasteiger partial charge in [-0.1, -0.05) is 0 Å². The number of terminal acetylenes is 1. The number of ether oxygens (including phenoxy) is 1. The van der Waals surface area contributed by atoms with Gasteiger partial charge in [0.25, 0.3) is 5.91 Å². The molecule has 0 aliphatic carbocycles. The van der Waals surface area contributed by atoms with Gasteiger partial charge in [-0.2, -0.15) is 0 Å². The van der Waals surface area contributed by atoms with Gasteiger partial charge in [0.1, 0.15) is 0 Å². The van der Waals surface area contributed by atoms with E-state index in [2.05, 4.69) is 5.92 Å². The topological polar surface area (TPSA) is 46.6 Å². The molecular formula is C11H15NO3. The second-order valence-corrected chi connectivity index (χ2v) is 3.49. The van der Waals surface area contributed by atoms with Gasteiger partial charge in [0.2, 0.25) is 0 Å². The first-order chi connectivity index (χ1) is 7.19. The van der Waals surface area contributed by atoms with Crippen molar-refractivity contribution in [1.82, 2.24) is 4.90 Å². The molecule has 1 saturated heterocycles. The summed E-state index contributed by atoms with van der Waals surface area (Å²) in [5.41, 5.74) is 0. The molecule has 1 fully saturated rings. The smallest absolute Gasteiger partial charge is 0.310 e. The van der Waals surface area contributed by atoms with Crippen molar-refractivity contribution in [3.8, 4) is 12.3 Å². The van der Waals surface area contributed by atoms with E-state index in [4.69, 9.17) is 11.2 Å². The van der Waals surface area contributed by atoms with Crippen LogP contribution in [0, 0.1) is 18.3 Å². The van der Waals surface area contributed by atoms with E-state index in [-0.39, 0.29) is 17.8 Å². The number of rotatable bonds is 2. The Kier molecular flexibility index (Phi) is 4.17. The summed E-state index contributed by atoms with van der Waals surface area (Å²) in [5.74, 6) is 1.28. The summed E-state index contributed by atoms with van der Waals surface area (Å²) >= 11 is 0. The van der Waals surface area contributed by atoms with Crippen molar-refractivity contribution < 1.29 is 14.3 Å². The summed E-state index contributed by atoms with van der Waals surface area (Å²) in [6.45, 7) is 3.17. The minimum absolute atomic E-state index is 0.212. The van der Waals surface area contributed by atoms with Gasteiger partial charge in [-0.05, 0) is 25.7 Å². The highest BCUT2D eigenvalue weighted by Crippen LogP contribution is 2.17. The van der Waals surface area contributed by atoms with Gasteiger partial charge in [-0.25, -0.2) is 0 Å². The Balaban J connectivity index is 2.53. The van der Waals surface area contributed by atoms with Crippen LogP contribution in [0.15, 0.2) is 0 Å². The highest BCUT2D eigenvalue weighted by molar-refractivity contribution is 5.93. The molecule has 1 aliphatic rings. The number of nitrogens with zero attached hydrogens (tertiary/aromatic N) is 1. The molecule has 0 unspecified atom stereocenters. The number of hydrogen-bond donors (Lipinski definition) is 0. The molecule has 15 heavy (non-hydrogen) atoms. The number of likely N-dealkylation sites (tertiary alicyclic amines) is 1. The minimum Gasteiger partial charge on any atom is -0.466 e. The van der Waals surface area contributed by atoms with Crippen molar-refractivity contribution in [2.24, 2.45) is 5.92 Å². The highest BCUT2D eigenvalue weighted by atomic mass is 16.5. The Hall–Kier alpha value is -1.50. The lowest BCUT2D eigenvalue weighted by Gasteiger charge is -2.29. The predicted octanol–water partition coefficient (Wildman–Crippen LogP) is 0.421. The molecule has 4 nitrogen and oxygen atoms in total. The Labute approximate surface area is 89.6 Å². The van der Waals surface area contributed by atoms with E-state index in [1.54, 1.807) is 6.92 Å². The van der Waals surface area contributed by atoms with Gasteiger partial charge in [-0.3, -0.25) is 9.59 Å². The van der Waals surface area contributed by atoms with Crippen LogP contribution in [0.4, 0.5) is 0 Å². The Morgan fingerprint density at radius 3 is 2.93 bits per heavy atom. The maximum absolute atomic E-state index is 11.4. The van der Waals surface area contributed by atoms with E-state index < -0.39 is 0 Å². The fourth-order valence-electron chi connectivity index (χ4n) is 1.71. The van der Waals surface area contributed by atoms with Gasteiger partial charge < -0.3 is 9.64 Å². The molecule has 82 valence electrons. The molecule has 0 aromatic heterocycles. The van der Waals surface area contributed by atoms with E-state index in [1.807, 2.05) is 0 Å². The molecule has 1 aliphatic heterocycles. The second kappa shape index (κ2) is 5.40. The van der Waals surface area contributed by atoms with Gasteiger partial charge >= 0.3 is 5.97 Å². The van der Waals surface area contributed by atoms with Crippen LogP contribution in [0.2, 0.25) is 0 Å². The highest BCUT2D eigenvalue weighted by Gasteiger charge is 2.28. The summed E-state index contributed by atoms with van der Waals surface area (Å²) in [6, 6.07) is 0. The summed E-state index contributed by atoms with van der Waals surface area (Å²) in [4.78, 5) is 24.2. The fourth-order valence-corrected chi connectivity index (χ4v) is 1.71. The van der Waals surface area contributed by atoms with Crippen molar-refractivity contribution in [2.45, 2.75) is 19.8 Å². The molecule has 1 rings (SSSR count). The van der Waals surface area contributed by atoms with Gasteiger partial charge in [0.05, 0.1) is 12.5 Å². The first-order valence-corrected chi connectivity index (χ1v) is 5.11. The first kappa shape index (κ1) is 11.6. The zero-order valence-corrected chi connectivity index (χ0v) is 8.86. The maximum Gasteiger partial charge on any atom is 0.310 e. The molecule has 0 aromatic rings. The van der Waals surface area contributed by atoms with Crippen molar-refractivity contribution in [1.29, 1.82) is 0 Å². The zero-order valence-electron chi connectivity index (χ0n) is 8.86. The molecule has 0 radical (unpaired) electrons. The lowest BCUT2D eigenvalue weighted by Crippen LogP contribution is -2.42. The summed E-state index contributed by atoms with van der Waals surface area (Å²) in [5, 5.41) is 0. The minimum atomic E-state index is -0.344. The fraction of sp³-hybridized carbons (Fsp3) is 0.636. The van der Waals surface area contributed by atoms with Crippen molar-refractivity contribution in [3.05, 3.63) is 0 Å². The van der Waals surface area contributed by atoms with E-state index in [1.165, 1.54) is 4.90 Å². The number of carbonyl (C=O) groups excluding carboxylic acids is 2. The van der Waals surface area contributed by atoms with Crippen molar-refractivity contribution in [2.75, 3.05) is 19.7 Å². The number of carbonyl (C=O) groups is 2. The SMILES string of the molecule is C#CC(=O)N1CCC[C@H](C(=O)OCC)C1. The maximum atomic E-state index is 11.4. The third kappa shape index (κ3) is 2.98. The third-order valence-corrected chi connectivity index (χ3v) is 2.45. The zero-order chi connectivity index (χ0) is 11.3.